The third-order valence-electron chi connectivity index (χ3n) is 3.86. The summed E-state index contributed by atoms with van der Waals surface area (Å²) in [5.74, 6) is 2.71. The molecular formula is C15H31N3O. The van der Waals surface area contributed by atoms with Gasteiger partial charge in [0.2, 0.25) is 0 Å². The molecule has 112 valence electrons. The quantitative estimate of drug-likeness (QED) is 0.424. The zero-order chi connectivity index (χ0) is 13.9. The van der Waals surface area contributed by atoms with Crippen LogP contribution in [0.5, 0.6) is 0 Å². The molecule has 1 aliphatic carbocycles. The highest BCUT2D eigenvalue weighted by atomic mass is 16.5. The van der Waals surface area contributed by atoms with Crippen LogP contribution in [-0.2, 0) is 4.74 Å². The molecule has 0 radical (unpaired) electrons. The number of nitrogens with one attached hydrogen (secondary N) is 2. The Morgan fingerprint density at radius 3 is 2.74 bits per heavy atom. The van der Waals surface area contributed by atoms with Gasteiger partial charge < -0.3 is 15.4 Å². The molecule has 0 aromatic heterocycles. The van der Waals surface area contributed by atoms with Gasteiger partial charge in [-0.2, -0.15) is 0 Å². The molecule has 1 rings (SSSR count). The zero-order valence-corrected chi connectivity index (χ0v) is 12.9. The van der Waals surface area contributed by atoms with Gasteiger partial charge in [-0.15, -0.1) is 0 Å². The summed E-state index contributed by atoms with van der Waals surface area (Å²) in [5, 5.41) is 6.66. The number of ether oxygens (including phenoxy) is 1. The molecule has 1 saturated carbocycles. The van der Waals surface area contributed by atoms with Crippen LogP contribution in [0.3, 0.4) is 0 Å². The van der Waals surface area contributed by atoms with Crippen molar-refractivity contribution in [3.05, 3.63) is 0 Å². The molecule has 2 atom stereocenters. The molecule has 0 bridgehead atoms. The van der Waals surface area contributed by atoms with E-state index in [0.717, 1.165) is 44.1 Å². The summed E-state index contributed by atoms with van der Waals surface area (Å²) >= 11 is 0. The van der Waals surface area contributed by atoms with Gasteiger partial charge in [-0.25, -0.2) is 0 Å². The highest BCUT2D eigenvalue weighted by Gasteiger charge is 2.18. The molecule has 2 unspecified atom stereocenters. The van der Waals surface area contributed by atoms with Crippen molar-refractivity contribution in [1.82, 2.24) is 10.6 Å². The van der Waals surface area contributed by atoms with E-state index in [1.54, 1.807) is 0 Å². The van der Waals surface area contributed by atoms with Crippen LogP contribution in [-0.4, -0.2) is 39.3 Å². The topological polar surface area (TPSA) is 45.6 Å². The first kappa shape index (κ1) is 16.3. The van der Waals surface area contributed by atoms with E-state index in [-0.39, 0.29) is 0 Å². The van der Waals surface area contributed by atoms with E-state index >= 15 is 0 Å². The molecule has 1 aliphatic rings. The van der Waals surface area contributed by atoms with E-state index < -0.39 is 0 Å². The second-order valence-electron chi connectivity index (χ2n) is 5.55. The summed E-state index contributed by atoms with van der Waals surface area (Å²) in [6, 6.07) is 0. The van der Waals surface area contributed by atoms with Crippen molar-refractivity contribution in [1.29, 1.82) is 0 Å². The van der Waals surface area contributed by atoms with E-state index in [1.165, 1.54) is 32.1 Å². The van der Waals surface area contributed by atoms with Gasteiger partial charge in [0.1, 0.15) is 0 Å². The average Bonchev–Trinajstić information content (AvgIpc) is 2.41. The van der Waals surface area contributed by atoms with E-state index in [9.17, 15) is 0 Å². The van der Waals surface area contributed by atoms with Crippen molar-refractivity contribution in [2.45, 2.75) is 46.0 Å². The van der Waals surface area contributed by atoms with Crippen LogP contribution < -0.4 is 10.6 Å². The second kappa shape index (κ2) is 10.1. The zero-order valence-electron chi connectivity index (χ0n) is 12.9. The fraction of sp³-hybridized carbons (Fsp3) is 0.933. The second-order valence-corrected chi connectivity index (χ2v) is 5.55. The van der Waals surface area contributed by atoms with Gasteiger partial charge in [-0.1, -0.05) is 26.2 Å². The lowest BCUT2D eigenvalue weighted by molar-refractivity contribution is 0.152. The van der Waals surface area contributed by atoms with E-state index in [2.05, 4.69) is 22.5 Å². The molecule has 0 aliphatic heterocycles. The summed E-state index contributed by atoms with van der Waals surface area (Å²) < 4.78 is 5.29. The average molecular weight is 269 g/mol. The molecule has 0 aromatic rings. The molecule has 4 heteroatoms. The maximum Gasteiger partial charge on any atom is 0.191 e. The minimum atomic E-state index is 0.733. The minimum absolute atomic E-state index is 0.733. The van der Waals surface area contributed by atoms with Crippen molar-refractivity contribution in [2.24, 2.45) is 16.8 Å². The third kappa shape index (κ3) is 7.41. The molecule has 0 saturated heterocycles. The van der Waals surface area contributed by atoms with E-state index in [4.69, 9.17) is 4.74 Å². The van der Waals surface area contributed by atoms with Gasteiger partial charge in [0.15, 0.2) is 5.96 Å². The highest BCUT2D eigenvalue weighted by molar-refractivity contribution is 5.79. The van der Waals surface area contributed by atoms with Crippen LogP contribution in [0.4, 0.5) is 0 Å². The molecule has 4 nitrogen and oxygen atoms in total. The van der Waals surface area contributed by atoms with Crippen molar-refractivity contribution < 1.29 is 4.74 Å². The van der Waals surface area contributed by atoms with Gasteiger partial charge in [0.05, 0.1) is 6.61 Å². The molecule has 0 aromatic carbocycles. The van der Waals surface area contributed by atoms with Gasteiger partial charge in [0.25, 0.3) is 0 Å². The van der Waals surface area contributed by atoms with Crippen LogP contribution in [0.2, 0.25) is 0 Å². The first-order valence-electron chi connectivity index (χ1n) is 7.78. The van der Waals surface area contributed by atoms with Crippen LogP contribution in [0.15, 0.2) is 4.99 Å². The normalized spacial score (nSPS) is 24.3. The number of guanidine groups is 1. The predicted octanol–water partition coefficient (Wildman–Crippen LogP) is 2.40. The summed E-state index contributed by atoms with van der Waals surface area (Å²) in [6.07, 6.45) is 6.90. The standard InChI is InChI=1S/C15H31N3O/c1-4-19-11-10-18-15(16-3)17-9-8-14-7-5-6-13(2)12-14/h13-14H,4-12H2,1-3H3,(H2,16,17,18). The molecule has 0 amide bonds. The van der Waals surface area contributed by atoms with Crippen molar-refractivity contribution >= 4 is 5.96 Å². The van der Waals surface area contributed by atoms with Crippen molar-refractivity contribution in [3.8, 4) is 0 Å². The number of nitrogens with zero attached hydrogens (tertiary/aromatic N) is 1. The predicted molar refractivity (Wildman–Crippen MR) is 81.6 cm³/mol. The molecule has 2 N–H and O–H groups in total. The van der Waals surface area contributed by atoms with Gasteiger partial charge in [-0.3, -0.25) is 4.99 Å². The Kier molecular flexibility index (Phi) is 8.63. The Labute approximate surface area is 118 Å². The number of hydrogen-bond acceptors (Lipinski definition) is 2. The summed E-state index contributed by atoms with van der Waals surface area (Å²) in [6.45, 7) is 7.73. The van der Waals surface area contributed by atoms with Crippen molar-refractivity contribution in [3.63, 3.8) is 0 Å². The summed E-state index contributed by atoms with van der Waals surface area (Å²) in [7, 11) is 1.82. The number of rotatable bonds is 7. The molecular weight excluding hydrogens is 238 g/mol. The maximum absolute atomic E-state index is 5.29. The SMILES string of the molecule is CCOCCNC(=NC)NCCC1CCCC(C)C1. The summed E-state index contributed by atoms with van der Waals surface area (Å²) in [4.78, 5) is 4.22. The Morgan fingerprint density at radius 2 is 2.05 bits per heavy atom. The van der Waals surface area contributed by atoms with Crippen LogP contribution in [0, 0.1) is 11.8 Å². The Hall–Kier alpha value is -0.770. The Bertz CT molecular complexity index is 256. The molecule has 19 heavy (non-hydrogen) atoms. The maximum atomic E-state index is 5.29. The van der Waals surface area contributed by atoms with Crippen molar-refractivity contribution in [2.75, 3.05) is 33.4 Å². The number of hydrogen-bond donors (Lipinski definition) is 2. The monoisotopic (exact) mass is 269 g/mol. The van der Waals surface area contributed by atoms with Crippen LogP contribution in [0.1, 0.15) is 46.0 Å². The van der Waals surface area contributed by atoms with Crippen LogP contribution in [0.25, 0.3) is 0 Å². The first-order valence-corrected chi connectivity index (χ1v) is 7.78. The Morgan fingerprint density at radius 1 is 1.26 bits per heavy atom. The Balaban J connectivity index is 2.08. The fourth-order valence-electron chi connectivity index (χ4n) is 2.82. The lowest BCUT2D eigenvalue weighted by atomic mass is 9.81. The van der Waals surface area contributed by atoms with Gasteiger partial charge in [-0.05, 0) is 31.6 Å². The lowest BCUT2D eigenvalue weighted by Gasteiger charge is -2.26. The number of aliphatic imine (C=N–C) groups is 1. The smallest absolute Gasteiger partial charge is 0.191 e. The minimum Gasteiger partial charge on any atom is -0.380 e. The molecule has 0 spiro atoms. The van der Waals surface area contributed by atoms with Crippen LogP contribution >= 0.6 is 0 Å². The molecule has 0 heterocycles. The van der Waals surface area contributed by atoms with E-state index in [1.807, 2.05) is 14.0 Å². The van der Waals surface area contributed by atoms with Gasteiger partial charge >= 0.3 is 0 Å². The first-order chi connectivity index (χ1) is 9.26. The molecule has 1 fully saturated rings. The largest absolute Gasteiger partial charge is 0.380 e. The fourth-order valence-corrected chi connectivity index (χ4v) is 2.82. The summed E-state index contributed by atoms with van der Waals surface area (Å²) in [5.41, 5.74) is 0. The van der Waals surface area contributed by atoms with E-state index in [0.29, 0.717) is 0 Å². The third-order valence-corrected chi connectivity index (χ3v) is 3.86. The highest BCUT2D eigenvalue weighted by Crippen LogP contribution is 2.30. The lowest BCUT2D eigenvalue weighted by Crippen LogP contribution is -2.39. The van der Waals surface area contributed by atoms with Gasteiger partial charge in [0, 0.05) is 26.7 Å².